The van der Waals surface area contributed by atoms with Crippen LogP contribution in [0.25, 0.3) is 22.2 Å². The molecule has 2 aromatic carbocycles. The minimum atomic E-state index is 0.314. The smallest absolute Gasteiger partial charge is 0.192 e. The van der Waals surface area contributed by atoms with Gasteiger partial charge in [0.15, 0.2) is 11.0 Å². The topological polar surface area (TPSA) is 30.7 Å². The molecule has 0 saturated carbocycles. The summed E-state index contributed by atoms with van der Waals surface area (Å²) >= 11 is 3.59. The first kappa shape index (κ1) is 19.2. The molecule has 28 heavy (non-hydrogen) atoms. The molecule has 0 unspecified atom stereocenters. The van der Waals surface area contributed by atoms with Crippen LogP contribution in [0.5, 0.6) is 0 Å². The second kappa shape index (κ2) is 8.50. The van der Waals surface area contributed by atoms with Crippen molar-refractivity contribution in [2.24, 2.45) is 0 Å². The van der Waals surface area contributed by atoms with Gasteiger partial charge in [0, 0.05) is 27.6 Å². The summed E-state index contributed by atoms with van der Waals surface area (Å²) in [5, 5.41) is 14.9. The highest BCUT2D eigenvalue weighted by Gasteiger charge is 2.18. The third-order valence-corrected chi connectivity index (χ3v) is 6.81. The fraction of sp³-hybridized carbons (Fsp3) is 0.304. The molecule has 2 aromatic heterocycles. The van der Waals surface area contributed by atoms with Gasteiger partial charge >= 0.3 is 0 Å². The molecule has 2 heterocycles. The lowest BCUT2D eigenvalue weighted by molar-refractivity contribution is 0.555. The fourth-order valence-electron chi connectivity index (χ4n) is 3.47. The largest absolute Gasteiger partial charge is 0.299 e. The molecule has 0 amide bonds. The summed E-state index contributed by atoms with van der Waals surface area (Å²) in [4.78, 5) is 1.42. The van der Waals surface area contributed by atoms with Gasteiger partial charge in [0.25, 0.3) is 0 Å². The minimum absolute atomic E-state index is 0.314. The Morgan fingerprint density at radius 3 is 2.71 bits per heavy atom. The second-order valence-electron chi connectivity index (χ2n) is 7.25. The predicted molar refractivity (Wildman–Crippen MR) is 121 cm³/mol. The third kappa shape index (κ3) is 3.87. The van der Waals surface area contributed by atoms with Gasteiger partial charge < -0.3 is 0 Å². The van der Waals surface area contributed by atoms with Crippen molar-refractivity contribution in [3.8, 4) is 11.4 Å². The first-order chi connectivity index (χ1) is 13.7. The van der Waals surface area contributed by atoms with Crippen LogP contribution in [-0.4, -0.2) is 14.8 Å². The number of thioether (sulfide) groups is 1. The highest BCUT2D eigenvalue weighted by molar-refractivity contribution is 7.98. The van der Waals surface area contributed by atoms with Gasteiger partial charge in [-0.3, -0.25) is 4.57 Å². The Morgan fingerprint density at radius 1 is 1.07 bits per heavy atom. The van der Waals surface area contributed by atoms with E-state index < -0.39 is 0 Å². The van der Waals surface area contributed by atoms with E-state index in [0.717, 1.165) is 23.2 Å². The number of hydrogen-bond acceptors (Lipinski definition) is 4. The molecular weight excluding hydrogens is 382 g/mol. The van der Waals surface area contributed by atoms with E-state index in [0.29, 0.717) is 6.04 Å². The Kier molecular flexibility index (Phi) is 5.83. The number of rotatable bonds is 7. The highest BCUT2D eigenvalue weighted by Crippen LogP contribution is 2.33. The number of benzene rings is 2. The number of hydrogen-bond donors (Lipinski definition) is 0. The third-order valence-electron chi connectivity index (χ3n) is 4.83. The van der Waals surface area contributed by atoms with Crippen molar-refractivity contribution >= 4 is 33.9 Å². The van der Waals surface area contributed by atoms with Crippen molar-refractivity contribution in [2.45, 2.75) is 50.6 Å². The lowest BCUT2D eigenvalue weighted by Gasteiger charge is -2.13. The minimum Gasteiger partial charge on any atom is -0.299 e. The Hall–Kier alpha value is -2.11. The van der Waals surface area contributed by atoms with Crippen molar-refractivity contribution in [2.75, 3.05) is 0 Å². The zero-order valence-electron chi connectivity index (χ0n) is 16.6. The summed E-state index contributed by atoms with van der Waals surface area (Å²) in [6.07, 6.45) is 2.30. The molecule has 0 spiro atoms. The molecule has 0 aliphatic carbocycles. The maximum Gasteiger partial charge on any atom is 0.192 e. The Bertz CT molecular complexity index is 1070. The summed E-state index contributed by atoms with van der Waals surface area (Å²) in [5.74, 6) is 1.87. The van der Waals surface area contributed by atoms with Gasteiger partial charge in [-0.05, 0) is 42.7 Å². The van der Waals surface area contributed by atoms with E-state index in [2.05, 4.69) is 89.4 Å². The number of aryl methyl sites for hydroxylation is 1. The average Bonchev–Trinajstić information content (AvgIpc) is 3.33. The maximum atomic E-state index is 4.55. The lowest BCUT2D eigenvalue weighted by Crippen LogP contribution is -2.04. The van der Waals surface area contributed by atoms with Gasteiger partial charge in [0.2, 0.25) is 0 Å². The van der Waals surface area contributed by atoms with Gasteiger partial charge in [-0.25, -0.2) is 0 Å². The van der Waals surface area contributed by atoms with Crippen LogP contribution in [0, 0.1) is 0 Å². The van der Waals surface area contributed by atoms with E-state index in [1.165, 1.54) is 33.2 Å². The summed E-state index contributed by atoms with van der Waals surface area (Å²) in [7, 11) is 0. The van der Waals surface area contributed by atoms with E-state index in [1.54, 1.807) is 11.8 Å². The van der Waals surface area contributed by atoms with Gasteiger partial charge in [0.1, 0.15) is 0 Å². The van der Waals surface area contributed by atoms with E-state index in [-0.39, 0.29) is 0 Å². The fourth-order valence-corrected chi connectivity index (χ4v) is 5.51. The van der Waals surface area contributed by atoms with Crippen molar-refractivity contribution in [3.63, 3.8) is 0 Å². The molecule has 3 nitrogen and oxygen atoms in total. The van der Waals surface area contributed by atoms with Crippen LogP contribution in [0.4, 0.5) is 0 Å². The Balaban J connectivity index is 1.62. The summed E-state index contributed by atoms with van der Waals surface area (Å²) in [5.41, 5.74) is 2.52. The first-order valence-electron chi connectivity index (χ1n) is 9.79. The molecule has 5 heteroatoms. The van der Waals surface area contributed by atoms with Crippen LogP contribution in [0.2, 0.25) is 0 Å². The molecular formula is C23H25N3S2. The van der Waals surface area contributed by atoms with Crippen molar-refractivity contribution in [1.29, 1.82) is 0 Å². The number of fused-ring (bicyclic) bond motifs is 1. The van der Waals surface area contributed by atoms with Crippen LogP contribution < -0.4 is 0 Å². The van der Waals surface area contributed by atoms with E-state index in [4.69, 9.17) is 0 Å². The Morgan fingerprint density at radius 2 is 1.89 bits per heavy atom. The van der Waals surface area contributed by atoms with Crippen LogP contribution in [0.1, 0.15) is 43.7 Å². The molecule has 4 rings (SSSR count). The van der Waals surface area contributed by atoms with Crippen molar-refractivity contribution in [3.05, 3.63) is 64.4 Å². The summed E-state index contributed by atoms with van der Waals surface area (Å²) in [6.45, 7) is 6.63. The summed E-state index contributed by atoms with van der Waals surface area (Å²) in [6, 6.07) is 17.7. The molecule has 0 radical (unpaired) electrons. The van der Waals surface area contributed by atoms with Crippen molar-refractivity contribution < 1.29 is 0 Å². The van der Waals surface area contributed by atoms with Gasteiger partial charge in [-0.1, -0.05) is 67.6 Å². The normalized spacial score (nSPS) is 11.6. The molecule has 0 bridgehead atoms. The molecule has 0 fully saturated rings. The molecule has 144 valence electrons. The van der Waals surface area contributed by atoms with E-state index >= 15 is 0 Å². The molecule has 0 aliphatic heterocycles. The van der Waals surface area contributed by atoms with Crippen LogP contribution in [0.3, 0.4) is 0 Å². The van der Waals surface area contributed by atoms with Crippen LogP contribution in [0.15, 0.2) is 59.1 Å². The number of thiophene rings is 1. The standard InChI is InChI=1S/C23H25N3S2/c1-4-8-20-13-19(15-27-20)22-24-25-23(26(22)16(2)3)28-14-18-11-7-10-17-9-5-6-12-21(17)18/h5-7,9-13,15-16H,4,8,14H2,1-3H3. The van der Waals surface area contributed by atoms with Gasteiger partial charge in [0.05, 0.1) is 0 Å². The first-order valence-corrected chi connectivity index (χ1v) is 11.7. The van der Waals surface area contributed by atoms with Crippen LogP contribution >= 0.6 is 23.1 Å². The SMILES string of the molecule is CCCc1cc(-c2nnc(SCc3cccc4ccccc34)n2C(C)C)cs1. The molecule has 0 saturated heterocycles. The van der Waals surface area contributed by atoms with Crippen LogP contribution in [-0.2, 0) is 12.2 Å². The zero-order chi connectivity index (χ0) is 19.5. The maximum absolute atomic E-state index is 4.55. The number of nitrogens with zero attached hydrogens (tertiary/aromatic N) is 3. The predicted octanol–water partition coefficient (Wildman–Crippen LogP) is 6.99. The van der Waals surface area contributed by atoms with E-state index in [1.807, 2.05) is 11.3 Å². The molecule has 4 aromatic rings. The second-order valence-corrected chi connectivity index (χ2v) is 9.19. The highest BCUT2D eigenvalue weighted by atomic mass is 32.2. The lowest BCUT2D eigenvalue weighted by atomic mass is 10.1. The molecule has 0 atom stereocenters. The average molecular weight is 408 g/mol. The summed E-state index contributed by atoms with van der Waals surface area (Å²) < 4.78 is 2.27. The molecule has 0 aliphatic rings. The van der Waals surface area contributed by atoms with E-state index in [9.17, 15) is 0 Å². The quantitative estimate of drug-likeness (QED) is 0.309. The van der Waals surface area contributed by atoms with Crippen molar-refractivity contribution in [1.82, 2.24) is 14.8 Å². The Labute approximate surface area is 174 Å². The molecule has 0 N–H and O–H groups in total. The monoisotopic (exact) mass is 407 g/mol. The number of aromatic nitrogens is 3. The van der Waals surface area contributed by atoms with Gasteiger partial charge in [-0.2, -0.15) is 0 Å². The van der Waals surface area contributed by atoms with Gasteiger partial charge in [-0.15, -0.1) is 21.5 Å². The zero-order valence-corrected chi connectivity index (χ0v) is 18.2.